The number of fused-ring (bicyclic) bond motifs is 2. The van der Waals surface area contributed by atoms with Gasteiger partial charge in [-0.3, -0.25) is 4.79 Å². The third kappa shape index (κ3) is 1.79. The molecule has 3 N–H and O–H groups in total. The first-order valence-electron chi connectivity index (χ1n) is 10.4. The molecule has 4 bridgehead atoms. The van der Waals surface area contributed by atoms with Gasteiger partial charge in [-0.05, 0) is 49.4 Å². The molecule has 0 unspecified atom stereocenters. The van der Waals surface area contributed by atoms with Crippen LogP contribution in [0.25, 0.3) is 0 Å². The summed E-state index contributed by atoms with van der Waals surface area (Å²) in [4.78, 5) is 13.7. The number of rotatable bonds is 2. The number of aliphatic hydroxyl groups excluding tert-OH is 2. The van der Waals surface area contributed by atoms with Crippen molar-refractivity contribution >= 4 is 5.78 Å². The van der Waals surface area contributed by atoms with Crippen LogP contribution in [-0.4, -0.2) is 59.4 Å². The van der Waals surface area contributed by atoms with Gasteiger partial charge in [-0.15, -0.1) is 0 Å². The van der Waals surface area contributed by atoms with Gasteiger partial charge >= 0.3 is 0 Å². The summed E-state index contributed by atoms with van der Waals surface area (Å²) in [5.74, 6) is -2.44. The minimum Gasteiger partial charge on any atom is -0.392 e. The molecule has 9 atom stereocenters. The minimum atomic E-state index is -1.86. The van der Waals surface area contributed by atoms with Gasteiger partial charge in [0, 0.05) is 24.4 Å². The zero-order valence-electron chi connectivity index (χ0n) is 16.5. The number of ether oxygens (including phenoxy) is 2. The Kier molecular flexibility index (Phi) is 3.65. The fourth-order valence-electron chi connectivity index (χ4n) is 8.40. The van der Waals surface area contributed by atoms with E-state index in [4.69, 9.17) is 9.47 Å². The molecule has 152 valence electrons. The molecule has 4 aliphatic carbocycles. The second-order valence-corrected chi connectivity index (χ2v) is 10.6. The molecule has 6 fully saturated rings. The van der Waals surface area contributed by atoms with Gasteiger partial charge in [0.25, 0.3) is 0 Å². The van der Waals surface area contributed by atoms with Crippen molar-refractivity contribution in [2.24, 2.45) is 39.9 Å². The fourth-order valence-corrected chi connectivity index (χ4v) is 8.40. The zero-order valence-corrected chi connectivity index (χ0v) is 16.5. The second kappa shape index (κ2) is 5.33. The van der Waals surface area contributed by atoms with Gasteiger partial charge in [0.15, 0.2) is 0 Å². The number of carbonyl (C=O) groups excluding carboxylic acids is 1. The predicted octanol–water partition coefficient (Wildman–Crippen LogP) is 1.11. The maximum atomic E-state index is 13.7. The van der Waals surface area contributed by atoms with Crippen molar-refractivity contribution in [3.05, 3.63) is 0 Å². The number of aliphatic hydroxyl groups is 3. The summed E-state index contributed by atoms with van der Waals surface area (Å²) >= 11 is 0. The van der Waals surface area contributed by atoms with Crippen molar-refractivity contribution in [3.63, 3.8) is 0 Å². The average molecular weight is 380 g/mol. The molecule has 6 aliphatic rings. The first kappa shape index (κ1) is 18.5. The van der Waals surface area contributed by atoms with Gasteiger partial charge in [0.1, 0.15) is 11.9 Å². The number of methoxy groups -OCH3 is 1. The average Bonchev–Trinajstić information content (AvgIpc) is 2.83. The van der Waals surface area contributed by atoms with Crippen LogP contribution in [0.15, 0.2) is 0 Å². The van der Waals surface area contributed by atoms with Crippen molar-refractivity contribution in [3.8, 4) is 0 Å². The largest absolute Gasteiger partial charge is 0.392 e. The molecular weight excluding hydrogens is 348 g/mol. The molecule has 0 radical (unpaired) electrons. The molecule has 6 rings (SSSR count). The summed E-state index contributed by atoms with van der Waals surface area (Å²) in [5.41, 5.74) is -2.03. The monoisotopic (exact) mass is 380 g/mol. The van der Waals surface area contributed by atoms with E-state index in [1.54, 1.807) is 7.11 Å². The maximum Gasteiger partial charge on any atom is 0.205 e. The molecule has 4 saturated carbocycles. The first-order valence-corrected chi connectivity index (χ1v) is 10.4. The van der Waals surface area contributed by atoms with Crippen LogP contribution in [0.2, 0.25) is 0 Å². The molecule has 0 amide bonds. The van der Waals surface area contributed by atoms with Crippen LogP contribution in [0.1, 0.15) is 46.0 Å². The first-order chi connectivity index (χ1) is 12.7. The molecule has 2 aliphatic heterocycles. The van der Waals surface area contributed by atoms with Gasteiger partial charge < -0.3 is 24.8 Å². The van der Waals surface area contributed by atoms with Crippen molar-refractivity contribution in [1.29, 1.82) is 0 Å². The molecule has 27 heavy (non-hydrogen) atoms. The summed E-state index contributed by atoms with van der Waals surface area (Å²) < 4.78 is 11.3. The Morgan fingerprint density at radius 1 is 1.22 bits per heavy atom. The second-order valence-electron chi connectivity index (χ2n) is 10.6. The lowest BCUT2D eigenvalue weighted by Gasteiger charge is -2.74. The summed E-state index contributed by atoms with van der Waals surface area (Å²) in [5, 5.41) is 34.4. The Balaban J connectivity index is 1.71. The van der Waals surface area contributed by atoms with Gasteiger partial charge in [-0.2, -0.15) is 0 Å². The van der Waals surface area contributed by atoms with E-state index in [1.807, 2.05) is 0 Å². The van der Waals surface area contributed by atoms with Crippen molar-refractivity contribution in [2.45, 2.75) is 63.9 Å². The fraction of sp³-hybridized carbons (Fsp3) is 0.952. The molecule has 2 heterocycles. The van der Waals surface area contributed by atoms with Crippen molar-refractivity contribution < 1.29 is 29.6 Å². The highest BCUT2D eigenvalue weighted by atomic mass is 16.6. The van der Waals surface area contributed by atoms with Crippen LogP contribution in [0.4, 0.5) is 0 Å². The third-order valence-corrected chi connectivity index (χ3v) is 9.35. The SMILES string of the molecule is COC[C@H]1C(=O)[C@]23C[C@@H]1CC[C@H]2[C@@]12CO[C@]3(O)[C@@H](O)[C@@H]1C(C)(C)CC[C@@H]2O. The lowest BCUT2D eigenvalue weighted by molar-refractivity contribution is -0.448. The van der Waals surface area contributed by atoms with E-state index in [9.17, 15) is 20.1 Å². The molecular formula is C21H32O6. The molecule has 2 saturated heterocycles. The highest BCUT2D eigenvalue weighted by Gasteiger charge is 2.84. The van der Waals surface area contributed by atoms with E-state index in [1.165, 1.54) is 0 Å². The van der Waals surface area contributed by atoms with Crippen molar-refractivity contribution in [2.75, 3.05) is 20.3 Å². The number of hydrogen-bond donors (Lipinski definition) is 3. The van der Waals surface area contributed by atoms with Crippen molar-refractivity contribution in [1.82, 2.24) is 0 Å². The Morgan fingerprint density at radius 3 is 2.67 bits per heavy atom. The number of ketones is 1. The number of carbonyl (C=O) groups is 1. The van der Waals surface area contributed by atoms with Crippen LogP contribution >= 0.6 is 0 Å². The zero-order chi connectivity index (χ0) is 19.4. The van der Waals surface area contributed by atoms with E-state index in [0.717, 1.165) is 19.3 Å². The molecule has 6 nitrogen and oxygen atoms in total. The van der Waals surface area contributed by atoms with E-state index in [2.05, 4.69) is 13.8 Å². The maximum absolute atomic E-state index is 13.7. The lowest BCUT2D eigenvalue weighted by Crippen LogP contribution is -2.83. The highest BCUT2D eigenvalue weighted by molar-refractivity contribution is 5.92. The van der Waals surface area contributed by atoms with Gasteiger partial charge in [0.05, 0.1) is 24.7 Å². The minimum absolute atomic E-state index is 0.0218. The standard InChI is InChI=1S/C21H32O6/c1-18(2)7-6-14(22)19-10-27-21(25,17(24)15(18)19)20-8-11(4-5-13(19)20)12(9-26-3)16(20)23/h11-15,17,22,24-25H,4-10H2,1-3H3/t11-,12+,13-,14-,15+,17-,19+,20-,21+/m0/s1. The predicted molar refractivity (Wildman–Crippen MR) is 95.5 cm³/mol. The number of Topliss-reactive ketones (excluding diaryl/α,β-unsaturated/α-hetero) is 1. The van der Waals surface area contributed by atoms with Crippen LogP contribution in [0, 0.1) is 39.9 Å². The summed E-state index contributed by atoms with van der Waals surface area (Å²) in [6.45, 7) is 4.78. The van der Waals surface area contributed by atoms with Crippen LogP contribution in [0.3, 0.4) is 0 Å². The molecule has 0 aromatic heterocycles. The Morgan fingerprint density at radius 2 is 1.96 bits per heavy atom. The van der Waals surface area contributed by atoms with Gasteiger partial charge in [-0.1, -0.05) is 13.8 Å². The summed E-state index contributed by atoms with van der Waals surface area (Å²) in [7, 11) is 1.60. The van der Waals surface area contributed by atoms with E-state index in [0.29, 0.717) is 19.4 Å². The highest BCUT2D eigenvalue weighted by Crippen LogP contribution is 2.76. The van der Waals surface area contributed by atoms with E-state index >= 15 is 0 Å². The number of hydrogen-bond acceptors (Lipinski definition) is 6. The summed E-state index contributed by atoms with van der Waals surface area (Å²) in [6.07, 6.45) is 1.86. The Hall–Kier alpha value is -0.530. The van der Waals surface area contributed by atoms with Crippen LogP contribution in [-0.2, 0) is 14.3 Å². The van der Waals surface area contributed by atoms with Crippen LogP contribution < -0.4 is 0 Å². The Labute approximate surface area is 160 Å². The molecule has 0 aromatic rings. The lowest BCUT2D eigenvalue weighted by atomic mass is 9.36. The van der Waals surface area contributed by atoms with E-state index < -0.39 is 28.8 Å². The van der Waals surface area contributed by atoms with Crippen LogP contribution in [0.5, 0.6) is 0 Å². The summed E-state index contributed by atoms with van der Waals surface area (Å²) in [6, 6.07) is 0. The topological polar surface area (TPSA) is 96.2 Å². The normalized spacial score (nSPS) is 58.1. The van der Waals surface area contributed by atoms with E-state index in [-0.39, 0.29) is 41.5 Å². The Bertz CT molecular complexity index is 678. The van der Waals surface area contributed by atoms with Gasteiger partial charge in [0.2, 0.25) is 5.79 Å². The quantitative estimate of drug-likeness (QED) is 0.664. The molecule has 2 spiro atoms. The third-order valence-electron chi connectivity index (χ3n) is 9.35. The van der Waals surface area contributed by atoms with Gasteiger partial charge in [-0.25, -0.2) is 0 Å². The molecule has 6 heteroatoms. The smallest absolute Gasteiger partial charge is 0.205 e. The molecule has 0 aromatic carbocycles.